The minimum Gasteiger partial charge on any atom is -0.390 e. The first-order valence-corrected chi connectivity index (χ1v) is 7.57. The zero-order chi connectivity index (χ0) is 14.0. The molecule has 1 aliphatic carbocycles. The van der Waals surface area contributed by atoms with Gasteiger partial charge in [0.1, 0.15) is 0 Å². The van der Waals surface area contributed by atoms with Crippen LogP contribution in [0.4, 0.5) is 0 Å². The summed E-state index contributed by atoms with van der Waals surface area (Å²) in [7, 11) is 0. The molecule has 1 N–H and O–H groups in total. The molecule has 0 aromatic heterocycles. The van der Waals surface area contributed by atoms with Crippen molar-refractivity contribution in [1.29, 1.82) is 0 Å². The molecule has 0 aromatic carbocycles. The van der Waals surface area contributed by atoms with Gasteiger partial charge in [0.05, 0.1) is 17.8 Å². The maximum absolute atomic E-state index is 10.2. The summed E-state index contributed by atoms with van der Waals surface area (Å²) in [6, 6.07) is 0. The first-order valence-electron chi connectivity index (χ1n) is 7.57. The third kappa shape index (κ3) is 3.96. The number of hydrogen-bond acceptors (Lipinski definition) is 2. The molecule has 1 fully saturated rings. The van der Waals surface area contributed by atoms with Gasteiger partial charge in [-0.1, -0.05) is 34.1 Å². The van der Waals surface area contributed by atoms with E-state index >= 15 is 0 Å². The Morgan fingerprint density at radius 2 is 1.67 bits per heavy atom. The molecule has 3 unspecified atom stereocenters. The monoisotopic (exact) mass is 256 g/mol. The fourth-order valence-electron chi connectivity index (χ4n) is 2.73. The lowest BCUT2D eigenvalue weighted by atomic mass is 9.68. The highest BCUT2D eigenvalue weighted by atomic mass is 16.5. The minimum atomic E-state index is -0.278. The molecule has 18 heavy (non-hydrogen) atoms. The molecule has 2 nitrogen and oxygen atoms in total. The van der Waals surface area contributed by atoms with Crippen LogP contribution in [0.5, 0.6) is 0 Å². The van der Waals surface area contributed by atoms with Gasteiger partial charge in [0.15, 0.2) is 0 Å². The lowest BCUT2D eigenvalue weighted by Gasteiger charge is -2.43. The number of ether oxygens (including phenoxy) is 1. The molecule has 0 heterocycles. The fourth-order valence-corrected chi connectivity index (χ4v) is 2.73. The van der Waals surface area contributed by atoms with E-state index in [9.17, 15) is 5.11 Å². The van der Waals surface area contributed by atoms with E-state index in [0.29, 0.717) is 11.3 Å². The first kappa shape index (κ1) is 16.0. The second kappa shape index (κ2) is 5.92. The van der Waals surface area contributed by atoms with Crippen molar-refractivity contribution in [2.75, 3.05) is 0 Å². The minimum absolute atomic E-state index is 0.0181. The van der Waals surface area contributed by atoms with Crippen LogP contribution in [0.2, 0.25) is 0 Å². The van der Waals surface area contributed by atoms with Crippen molar-refractivity contribution in [2.24, 2.45) is 11.3 Å². The summed E-state index contributed by atoms with van der Waals surface area (Å²) in [5, 5.41) is 10.2. The number of aliphatic hydroxyl groups excluding tert-OH is 1. The van der Waals surface area contributed by atoms with Gasteiger partial charge in [-0.2, -0.15) is 0 Å². The van der Waals surface area contributed by atoms with Crippen molar-refractivity contribution in [3.63, 3.8) is 0 Å². The maximum Gasteiger partial charge on any atom is 0.0844 e. The van der Waals surface area contributed by atoms with E-state index in [2.05, 4.69) is 41.5 Å². The zero-order valence-corrected chi connectivity index (χ0v) is 13.1. The quantitative estimate of drug-likeness (QED) is 0.800. The molecule has 0 spiro atoms. The van der Waals surface area contributed by atoms with Crippen LogP contribution in [0.15, 0.2) is 0 Å². The average molecular weight is 256 g/mol. The standard InChI is InChI=1S/C16H32O2/c1-7-15(3,4)12-9-10-13(17)14(11-12)18-16(5,6)8-2/h12-14,17H,7-11H2,1-6H3. The molecule has 1 rings (SSSR count). The largest absolute Gasteiger partial charge is 0.390 e. The molecule has 108 valence electrons. The predicted molar refractivity (Wildman–Crippen MR) is 76.7 cm³/mol. The van der Waals surface area contributed by atoms with Crippen molar-refractivity contribution in [3.05, 3.63) is 0 Å². The third-order valence-corrected chi connectivity index (χ3v) is 5.10. The van der Waals surface area contributed by atoms with E-state index in [1.165, 1.54) is 6.42 Å². The predicted octanol–water partition coefficient (Wildman–Crippen LogP) is 4.16. The van der Waals surface area contributed by atoms with Crippen molar-refractivity contribution < 1.29 is 9.84 Å². The summed E-state index contributed by atoms with van der Waals surface area (Å²) in [5.74, 6) is 0.670. The molecule has 0 aliphatic heterocycles. The summed E-state index contributed by atoms with van der Waals surface area (Å²) in [4.78, 5) is 0. The third-order valence-electron chi connectivity index (χ3n) is 5.10. The average Bonchev–Trinajstić information content (AvgIpc) is 2.31. The van der Waals surface area contributed by atoms with Gasteiger partial charge in [-0.3, -0.25) is 0 Å². The molecular formula is C16H32O2. The number of hydrogen-bond donors (Lipinski definition) is 1. The van der Waals surface area contributed by atoms with Gasteiger partial charge in [0.25, 0.3) is 0 Å². The van der Waals surface area contributed by atoms with Gasteiger partial charge in [0.2, 0.25) is 0 Å². The van der Waals surface area contributed by atoms with Crippen molar-refractivity contribution in [3.8, 4) is 0 Å². The molecule has 0 radical (unpaired) electrons. The van der Waals surface area contributed by atoms with E-state index in [1.807, 2.05) is 0 Å². The Hall–Kier alpha value is -0.0800. The lowest BCUT2D eigenvalue weighted by molar-refractivity contribution is -0.148. The van der Waals surface area contributed by atoms with Crippen LogP contribution in [0.1, 0.15) is 73.6 Å². The van der Waals surface area contributed by atoms with Crippen LogP contribution < -0.4 is 0 Å². The van der Waals surface area contributed by atoms with Crippen molar-refractivity contribution >= 4 is 0 Å². The Balaban J connectivity index is 2.67. The van der Waals surface area contributed by atoms with Crippen LogP contribution in [0.3, 0.4) is 0 Å². The highest BCUT2D eigenvalue weighted by Gasteiger charge is 2.38. The summed E-state index contributed by atoms with van der Waals surface area (Å²) < 4.78 is 6.16. The van der Waals surface area contributed by atoms with Gasteiger partial charge in [-0.05, 0) is 50.9 Å². The van der Waals surface area contributed by atoms with Gasteiger partial charge in [0, 0.05) is 0 Å². The van der Waals surface area contributed by atoms with Crippen molar-refractivity contribution in [1.82, 2.24) is 0 Å². The van der Waals surface area contributed by atoms with Gasteiger partial charge in [-0.25, -0.2) is 0 Å². The number of rotatable bonds is 5. The molecular weight excluding hydrogens is 224 g/mol. The van der Waals surface area contributed by atoms with Crippen LogP contribution in [0.25, 0.3) is 0 Å². The Labute approximate surface area is 113 Å². The van der Waals surface area contributed by atoms with Crippen LogP contribution in [0, 0.1) is 11.3 Å². The van der Waals surface area contributed by atoms with E-state index < -0.39 is 0 Å². The van der Waals surface area contributed by atoms with Crippen LogP contribution in [-0.4, -0.2) is 22.9 Å². The molecule has 1 aliphatic rings. The van der Waals surface area contributed by atoms with E-state index in [1.54, 1.807) is 0 Å². The highest BCUT2D eigenvalue weighted by Crippen LogP contribution is 2.42. The Kier molecular flexibility index (Phi) is 5.25. The highest BCUT2D eigenvalue weighted by molar-refractivity contribution is 4.89. The SMILES string of the molecule is CCC(C)(C)OC1CC(C(C)(C)CC)CCC1O. The summed E-state index contributed by atoms with van der Waals surface area (Å²) in [6.45, 7) is 13.3. The lowest BCUT2D eigenvalue weighted by Crippen LogP contribution is -2.44. The zero-order valence-electron chi connectivity index (χ0n) is 13.1. The molecule has 0 bridgehead atoms. The molecule has 0 amide bonds. The maximum atomic E-state index is 10.2. The van der Waals surface area contributed by atoms with Gasteiger partial charge >= 0.3 is 0 Å². The second-order valence-electron chi connectivity index (χ2n) is 7.19. The summed E-state index contributed by atoms with van der Waals surface area (Å²) >= 11 is 0. The molecule has 0 aromatic rings. The Morgan fingerprint density at radius 1 is 1.06 bits per heavy atom. The second-order valence-corrected chi connectivity index (χ2v) is 7.19. The smallest absolute Gasteiger partial charge is 0.0844 e. The summed E-state index contributed by atoms with van der Waals surface area (Å²) in [6.07, 6.45) is 4.94. The molecule has 2 heteroatoms. The van der Waals surface area contributed by atoms with Crippen molar-refractivity contribution in [2.45, 2.75) is 91.5 Å². The van der Waals surface area contributed by atoms with Gasteiger partial charge < -0.3 is 9.84 Å². The van der Waals surface area contributed by atoms with E-state index in [0.717, 1.165) is 25.7 Å². The Bertz CT molecular complexity index is 258. The fraction of sp³-hybridized carbons (Fsp3) is 1.00. The van der Waals surface area contributed by atoms with Crippen LogP contribution in [-0.2, 0) is 4.74 Å². The van der Waals surface area contributed by atoms with Gasteiger partial charge in [-0.15, -0.1) is 0 Å². The van der Waals surface area contributed by atoms with E-state index in [4.69, 9.17) is 4.74 Å². The van der Waals surface area contributed by atoms with Crippen LogP contribution >= 0.6 is 0 Å². The normalized spacial score (nSPS) is 30.5. The molecule has 0 saturated heterocycles. The molecule has 3 atom stereocenters. The Morgan fingerprint density at radius 3 is 2.17 bits per heavy atom. The number of aliphatic hydroxyl groups is 1. The summed E-state index contributed by atoms with van der Waals surface area (Å²) in [5.41, 5.74) is 0.238. The van der Waals surface area contributed by atoms with E-state index in [-0.39, 0.29) is 17.8 Å². The molecule has 1 saturated carbocycles. The first-order chi connectivity index (χ1) is 8.22. The topological polar surface area (TPSA) is 29.5 Å².